The number of aliphatic hydroxyl groups is 1. The van der Waals surface area contributed by atoms with E-state index in [1.54, 1.807) is 49.4 Å². The van der Waals surface area contributed by atoms with E-state index in [1.807, 2.05) is 31.1 Å². The van der Waals surface area contributed by atoms with Crippen LogP contribution in [0, 0.1) is 6.92 Å². The minimum absolute atomic E-state index is 0.0510. The summed E-state index contributed by atoms with van der Waals surface area (Å²) < 4.78 is 16.5. The third-order valence-electron chi connectivity index (χ3n) is 5.77. The highest BCUT2D eigenvalue weighted by Crippen LogP contribution is 2.44. The van der Waals surface area contributed by atoms with Crippen LogP contribution in [0.4, 0.5) is 11.4 Å². The van der Waals surface area contributed by atoms with Gasteiger partial charge >= 0.3 is 0 Å². The monoisotopic (exact) mass is 446 g/mol. The summed E-state index contributed by atoms with van der Waals surface area (Å²) in [6, 6.07) is 14.6. The Bertz CT molecular complexity index is 1290. The molecule has 0 spiro atoms. The number of hydrogen-bond donors (Lipinski definition) is 1. The molecule has 0 bridgehead atoms. The molecule has 1 aromatic heterocycles. The van der Waals surface area contributed by atoms with Gasteiger partial charge in [-0.05, 0) is 61.5 Å². The van der Waals surface area contributed by atoms with Crippen LogP contribution in [0.15, 0.2) is 64.6 Å². The van der Waals surface area contributed by atoms with Crippen molar-refractivity contribution < 1.29 is 28.6 Å². The molecule has 1 atom stereocenters. The number of aryl methyl sites for hydroxylation is 1. The van der Waals surface area contributed by atoms with Crippen molar-refractivity contribution in [2.75, 3.05) is 30.7 Å². The second-order valence-electron chi connectivity index (χ2n) is 8.10. The average molecular weight is 446 g/mol. The van der Waals surface area contributed by atoms with Crippen LogP contribution in [-0.4, -0.2) is 37.7 Å². The lowest BCUT2D eigenvalue weighted by Gasteiger charge is -2.24. The number of benzene rings is 2. The Balaban J connectivity index is 1.66. The van der Waals surface area contributed by atoms with Crippen LogP contribution in [0.25, 0.3) is 5.76 Å². The standard InChI is InChI=1S/C25H22N2O6/c1-14-4-10-19(33-14)22-21(23(28)15-5-11-18-20(12-15)32-13-31-18)24(29)25(30)27(22)17-8-6-16(7-9-17)26(2)3/h4-12,22,28H,13H2,1-3H3/b23-21-. The first kappa shape index (κ1) is 20.7. The van der Waals surface area contributed by atoms with Crippen molar-refractivity contribution >= 4 is 28.8 Å². The zero-order valence-electron chi connectivity index (χ0n) is 18.4. The summed E-state index contributed by atoms with van der Waals surface area (Å²) in [7, 11) is 3.83. The Morgan fingerprint density at radius 1 is 1.00 bits per heavy atom. The molecule has 5 rings (SSSR count). The van der Waals surface area contributed by atoms with E-state index < -0.39 is 17.7 Å². The Morgan fingerprint density at radius 3 is 2.39 bits per heavy atom. The van der Waals surface area contributed by atoms with Crippen molar-refractivity contribution in [3.05, 3.63) is 77.3 Å². The molecule has 1 saturated heterocycles. The van der Waals surface area contributed by atoms with E-state index in [-0.39, 0.29) is 18.1 Å². The number of nitrogens with zero attached hydrogens (tertiary/aromatic N) is 2. The number of furan rings is 1. The quantitative estimate of drug-likeness (QED) is 0.368. The molecule has 168 valence electrons. The van der Waals surface area contributed by atoms with E-state index in [9.17, 15) is 14.7 Å². The van der Waals surface area contributed by atoms with Crippen molar-refractivity contribution in [3.8, 4) is 11.5 Å². The van der Waals surface area contributed by atoms with Gasteiger partial charge < -0.3 is 23.9 Å². The van der Waals surface area contributed by atoms with Gasteiger partial charge in [-0.25, -0.2) is 0 Å². The van der Waals surface area contributed by atoms with Crippen LogP contribution in [0.3, 0.4) is 0 Å². The van der Waals surface area contributed by atoms with Crippen molar-refractivity contribution in [1.82, 2.24) is 0 Å². The number of fused-ring (bicyclic) bond motifs is 1. The molecule has 0 saturated carbocycles. The molecular formula is C25H22N2O6. The smallest absolute Gasteiger partial charge is 0.300 e. The molecule has 33 heavy (non-hydrogen) atoms. The second kappa shape index (κ2) is 7.74. The van der Waals surface area contributed by atoms with Crippen molar-refractivity contribution in [3.63, 3.8) is 0 Å². The van der Waals surface area contributed by atoms with Gasteiger partial charge in [-0.3, -0.25) is 14.5 Å². The molecule has 1 unspecified atom stereocenters. The number of ketones is 1. The fourth-order valence-electron chi connectivity index (χ4n) is 4.08. The molecule has 2 aliphatic heterocycles. The first-order valence-electron chi connectivity index (χ1n) is 10.4. The van der Waals surface area contributed by atoms with E-state index >= 15 is 0 Å². The maximum atomic E-state index is 13.2. The van der Waals surface area contributed by atoms with E-state index in [1.165, 1.54) is 4.90 Å². The van der Waals surface area contributed by atoms with Gasteiger partial charge in [-0.2, -0.15) is 0 Å². The number of Topliss-reactive ketones (excluding diaryl/α,β-unsaturated/α-hetero) is 1. The number of carbonyl (C=O) groups is 2. The van der Waals surface area contributed by atoms with Crippen molar-refractivity contribution in [1.29, 1.82) is 0 Å². The number of rotatable bonds is 4. The minimum Gasteiger partial charge on any atom is -0.507 e. The molecule has 8 nitrogen and oxygen atoms in total. The van der Waals surface area contributed by atoms with E-state index in [0.29, 0.717) is 34.3 Å². The molecule has 3 heterocycles. The normalized spacial score (nSPS) is 18.8. The second-order valence-corrected chi connectivity index (χ2v) is 8.10. The fourth-order valence-corrected chi connectivity index (χ4v) is 4.08. The highest BCUT2D eigenvalue weighted by Gasteiger charge is 2.48. The van der Waals surface area contributed by atoms with Crippen molar-refractivity contribution in [2.24, 2.45) is 0 Å². The maximum absolute atomic E-state index is 13.2. The number of carbonyl (C=O) groups excluding carboxylic acids is 2. The van der Waals surface area contributed by atoms with Crippen molar-refractivity contribution in [2.45, 2.75) is 13.0 Å². The van der Waals surface area contributed by atoms with Gasteiger partial charge in [0.25, 0.3) is 11.7 Å². The predicted molar refractivity (Wildman–Crippen MR) is 122 cm³/mol. The molecule has 0 aliphatic carbocycles. The summed E-state index contributed by atoms with van der Waals surface area (Å²) >= 11 is 0. The molecule has 2 aliphatic rings. The summed E-state index contributed by atoms with van der Waals surface area (Å²) in [5.74, 6) is 0.171. The zero-order valence-corrected chi connectivity index (χ0v) is 18.4. The van der Waals surface area contributed by atoms with Crippen LogP contribution in [0.2, 0.25) is 0 Å². The average Bonchev–Trinajstić information content (AvgIpc) is 3.51. The van der Waals surface area contributed by atoms with Gasteiger partial charge in [0, 0.05) is 31.0 Å². The number of hydrogen-bond acceptors (Lipinski definition) is 7. The summed E-state index contributed by atoms with van der Waals surface area (Å²) in [5, 5.41) is 11.2. The highest BCUT2D eigenvalue weighted by atomic mass is 16.7. The number of anilines is 2. The summed E-state index contributed by atoms with van der Waals surface area (Å²) in [6.07, 6.45) is 0. The first-order chi connectivity index (χ1) is 15.8. The lowest BCUT2D eigenvalue weighted by atomic mass is 9.99. The first-order valence-corrected chi connectivity index (χ1v) is 10.4. The van der Waals surface area contributed by atoms with Gasteiger partial charge in [-0.15, -0.1) is 0 Å². The minimum atomic E-state index is -0.922. The maximum Gasteiger partial charge on any atom is 0.300 e. The summed E-state index contributed by atoms with van der Waals surface area (Å²) in [4.78, 5) is 29.7. The zero-order chi connectivity index (χ0) is 23.3. The fraction of sp³-hybridized carbons (Fsp3) is 0.200. The third-order valence-corrected chi connectivity index (χ3v) is 5.77. The van der Waals surface area contributed by atoms with Crippen LogP contribution in [0.5, 0.6) is 11.5 Å². The lowest BCUT2D eigenvalue weighted by Crippen LogP contribution is -2.29. The topological polar surface area (TPSA) is 92.4 Å². The van der Waals surface area contributed by atoms with E-state index in [4.69, 9.17) is 13.9 Å². The van der Waals surface area contributed by atoms with Gasteiger partial charge in [0.2, 0.25) is 6.79 Å². The van der Waals surface area contributed by atoms with E-state index in [0.717, 1.165) is 5.69 Å². The largest absolute Gasteiger partial charge is 0.507 e. The van der Waals surface area contributed by atoms with Crippen LogP contribution >= 0.6 is 0 Å². The SMILES string of the molecule is Cc1ccc(C2/C(=C(/O)c3ccc4c(c3)OCO4)C(=O)C(=O)N2c2ccc(N(C)C)cc2)o1. The lowest BCUT2D eigenvalue weighted by molar-refractivity contribution is -0.132. The van der Waals surface area contributed by atoms with Gasteiger partial charge in [0.05, 0.1) is 5.57 Å². The molecule has 1 fully saturated rings. The number of ether oxygens (including phenoxy) is 2. The molecule has 2 aromatic carbocycles. The Morgan fingerprint density at radius 2 is 1.73 bits per heavy atom. The Labute approximate surface area is 190 Å². The molecule has 3 aromatic rings. The number of aliphatic hydroxyl groups excluding tert-OH is 1. The van der Waals surface area contributed by atoms with Gasteiger partial charge in [0.15, 0.2) is 11.5 Å². The third kappa shape index (κ3) is 3.40. The van der Waals surface area contributed by atoms with Gasteiger partial charge in [0.1, 0.15) is 23.3 Å². The Hall–Kier alpha value is -4.20. The van der Waals surface area contributed by atoms with E-state index in [2.05, 4.69) is 0 Å². The predicted octanol–water partition coefficient (Wildman–Crippen LogP) is 4.01. The molecule has 0 radical (unpaired) electrons. The molecule has 1 N–H and O–H groups in total. The summed E-state index contributed by atoms with van der Waals surface area (Å²) in [6.45, 7) is 1.86. The molecule has 8 heteroatoms. The van der Waals surface area contributed by atoms with Gasteiger partial charge in [-0.1, -0.05) is 0 Å². The molecular weight excluding hydrogens is 424 g/mol. The van der Waals surface area contributed by atoms with Crippen LogP contribution in [-0.2, 0) is 9.59 Å². The number of amides is 1. The summed E-state index contributed by atoms with van der Waals surface area (Å²) in [5.41, 5.74) is 1.76. The Kier molecular flexibility index (Phi) is 4.85. The van der Waals surface area contributed by atoms with Crippen LogP contribution < -0.4 is 19.3 Å². The highest BCUT2D eigenvalue weighted by molar-refractivity contribution is 6.51. The van der Waals surface area contributed by atoms with Crippen LogP contribution in [0.1, 0.15) is 23.1 Å². The molecule has 1 amide bonds.